The third-order valence-electron chi connectivity index (χ3n) is 2.67. The fourth-order valence-corrected chi connectivity index (χ4v) is 2.03. The summed E-state index contributed by atoms with van der Waals surface area (Å²) in [5, 5.41) is 8.57. The zero-order valence-corrected chi connectivity index (χ0v) is 9.76. The first kappa shape index (κ1) is 10.6. The zero-order valence-electron chi connectivity index (χ0n) is 9.76. The van der Waals surface area contributed by atoms with Crippen molar-refractivity contribution in [3.63, 3.8) is 0 Å². The molecular weight excluding hydrogens is 198 g/mol. The van der Waals surface area contributed by atoms with E-state index in [0.29, 0.717) is 0 Å². The Kier molecular flexibility index (Phi) is 2.38. The predicted octanol–water partition coefficient (Wildman–Crippen LogP) is 2.44. The van der Waals surface area contributed by atoms with Gasteiger partial charge in [-0.1, -0.05) is 11.6 Å². The van der Waals surface area contributed by atoms with Crippen molar-refractivity contribution in [1.82, 2.24) is 4.98 Å². The molecule has 0 bridgehead atoms. The van der Waals surface area contributed by atoms with E-state index in [4.69, 9.17) is 11.1 Å². The van der Waals surface area contributed by atoms with Crippen LogP contribution in [0.5, 0.6) is 0 Å². The van der Waals surface area contributed by atoms with Gasteiger partial charge in [0.25, 0.3) is 0 Å². The van der Waals surface area contributed by atoms with Crippen LogP contribution in [0.2, 0.25) is 0 Å². The summed E-state index contributed by atoms with van der Waals surface area (Å²) in [5.74, 6) is 0.0977. The highest BCUT2D eigenvalue weighted by molar-refractivity contribution is 6.07. The molecule has 0 aliphatic carbocycles. The van der Waals surface area contributed by atoms with Gasteiger partial charge in [0.15, 0.2) is 0 Å². The van der Waals surface area contributed by atoms with Crippen LogP contribution in [0.25, 0.3) is 10.9 Å². The molecule has 0 radical (unpaired) electrons. The number of amidine groups is 1. The van der Waals surface area contributed by atoms with Crippen molar-refractivity contribution < 1.29 is 0 Å². The smallest absolute Gasteiger partial charge is 0.123 e. The molecule has 3 N–H and O–H groups in total. The van der Waals surface area contributed by atoms with Crippen LogP contribution in [-0.2, 0) is 0 Å². The first-order chi connectivity index (χ1) is 7.49. The minimum Gasteiger partial charge on any atom is -0.384 e. The lowest BCUT2D eigenvalue weighted by atomic mass is 10.0. The van der Waals surface area contributed by atoms with Crippen LogP contribution >= 0.6 is 0 Å². The van der Waals surface area contributed by atoms with E-state index in [2.05, 4.69) is 11.1 Å². The molecule has 1 aromatic heterocycles. The number of hydrogen-bond acceptors (Lipinski definition) is 2. The van der Waals surface area contributed by atoms with Crippen molar-refractivity contribution in [2.75, 3.05) is 0 Å². The Balaban J connectivity index is 2.95. The molecule has 3 nitrogen and oxygen atoms in total. The summed E-state index contributed by atoms with van der Waals surface area (Å²) < 4.78 is 0. The average Bonchev–Trinajstić information content (AvgIpc) is 2.18. The monoisotopic (exact) mass is 213 g/mol. The van der Waals surface area contributed by atoms with E-state index >= 15 is 0 Å². The Morgan fingerprint density at radius 1 is 1.19 bits per heavy atom. The maximum Gasteiger partial charge on any atom is 0.123 e. The molecule has 0 amide bonds. The maximum absolute atomic E-state index is 7.61. The summed E-state index contributed by atoms with van der Waals surface area (Å²) in [6.07, 6.45) is 0. The van der Waals surface area contributed by atoms with Gasteiger partial charge in [0.05, 0.1) is 5.52 Å². The number of rotatable bonds is 1. The average molecular weight is 213 g/mol. The number of nitrogens with one attached hydrogen (secondary N) is 1. The molecule has 2 aromatic rings. The fraction of sp³-hybridized carbons (Fsp3) is 0.231. The van der Waals surface area contributed by atoms with Gasteiger partial charge in [-0.2, -0.15) is 0 Å². The summed E-state index contributed by atoms with van der Waals surface area (Å²) in [4.78, 5) is 4.51. The summed E-state index contributed by atoms with van der Waals surface area (Å²) in [5.41, 5.74) is 10.5. The first-order valence-corrected chi connectivity index (χ1v) is 5.22. The molecule has 16 heavy (non-hydrogen) atoms. The van der Waals surface area contributed by atoms with E-state index in [-0.39, 0.29) is 5.84 Å². The lowest BCUT2D eigenvalue weighted by Gasteiger charge is -2.09. The van der Waals surface area contributed by atoms with Crippen molar-refractivity contribution >= 4 is 16.7 Å². The van der Waals surface area contributed by atoms with Gasteiger partial charge in [0.2, 0.25) is 0 Å². The Morgan fingerprint density at radius 3 is 2.50 bits per heavy atom. The molecule has 0 aliphatic rings. The van der Waals surface area contributed by atoms with Crippen LogP contribution in [0.4, 0.5) is 0 Å². The van der Waals surface area contributed by atoms with E-state index in [0.717, 1.165) is 33.3 Å². The quantitative estimate of drug-likeness (QED) is 0.564. The molecule has 0 atom stereocenters. The van der Waals surface area contributed by atoms with Gasteiger partial charge in [-0.3, -0.25) is 10.4 Å². The van der Waals surface area contributed by atoms with Crippen LogP contribution in [0.15, 0.2) is 18.2 Å². The van der Waals surface area contributed by atoms with Crippen molar-refractivity contribution in [3.05, 3.63) is 40.6 Å². The number of aryl methyl sites for hydroxylation is 3. The summed E-state index contributed by atoms with van der Waals surface area (Å²) in [6.45, 7) is 5.99. The summed E-state index contributed by atoms with van der Waals surface area (Å²) in [6, 6.07) is 5.99. The number of benzene rings is 1. The number of nitrogens with zero attached hydrogens (tertiary/aromatic N) is 1. The third kappa shape index (κ3) is 1.65. The summed E-state index contributed by atoms with van der Waals surface area (Å²) >= 11 is 0. The van der Waals surface area contributed by atoms with Crippen LogP contribution < -0.4 is 5.73 Å². The minimum atomic E-state index is 0.0977. The van der Waals surface area contributed by atoms with E-state index in [1.54, 1.807) is 0 Å². The fourth-order valence-electron chi connectivity index (χ4n) is 2.03. The third-order valence-corrected chi connectivity index (χ3v) is 2.67. The largest absolute Gasteiger partial charge is 0.384 e. The SMILES string of the molecule is Cc1cc(C)c2nc(C)cc(C(=N)N)c2c1. The molecule has 0 aliphatic heterocycles. The molecule has 0 saturated heterocycles. The number of hydrogen-bond donors (Lipinski definition) is 2. The van der Waals surface area contributed by atoms with Crippen LogP contribution in [0.3, 0.4) is 0 Å². The highest BCUT2D eigenvalue weighted by atomic mass is 14.7. The van der Waals surface area contributed by atoms with Gasteiger partial charge in [0, 0.05) is 16.6 Å². The molecule has 0 unspecified atom stereocenters. The molecule has 0 saturated carbocycles. The zero-order chi connectivity index (χ0) is 11.9. The van der Waals surface area contributed by atoms with Crippen LogP contribution in [-0.4, -0.2) is 10.8 Å². The van der Waals surface area contributed by atoms with Crippen molar-refractivity contribution in [3.8, 4) is 0 Å². The highest BCUT2D eigenvalue weighted by Gasteiger charge is 2.08. The second-order valence-corrected chi connectivity index (χ2v) is 4.20. The lowest BCUT2D eigenvalue weighted by Crippen LogP contribution is -2.12. The van der Waals surface area contributed by atoms with E-state index in [1.165, 1.54) is 0 Å². The molecule has 3 heteroatoms. The van der Waals surface area contributed by atoms with E-state index in [1.807, 2.05) is 32.9 Å². The normalized spacial score (nSPS) is 10.7. The predicted molar refractivity (Wildman–Crippen MR) is 67.0 cm³/mol. The Hall–Kier alpha value is -1.90. The molecule has 82 valence electrons. The second-order valence-electron chi connectivity index (χ2n) is 4.20. The highest BCUT2D eigenvalue weighted by Crippen LogP contribution is 2.22. The topological polar surface area (TPSA) is 62.8 Å². The maximum atomic E-state index is 7.61. The van der Waals surface area contributed by atoms with E-state index in [9.17, 15) is 0 Å². The molecule has 1 aromatic carbocycles. The van der Waals surface area contributed by atoms with Gasteiger partial charge in [-0.15, -0.1) is 0 Å². The van der Waals surface area contributed by atoms with E-state index < -0.39 is 0 Å². The molecule has 2 rings (SSSR count). The number of nitrogens with two attached hydrogens (primary N) is 1. The standard InChI is InChI=1S/C13H15N3/c1-7-4-8(2)12-10(5-7)11(13(14)15)6-9(3)16-12/h4-6H,1-3H3,(H3,14,15). The summed E-state index contributed by atoms with van der Waals surface area (Å²) in [7, 11) is 0. The van der Waals surface area contributed by atoms with Crippen LogP contribution in [0.1, 0.15) is 22.4 Å². The Labute approximate surface area is 94.8 Å². The Bertz CT molecular complexity index is 585. The number of fused-ring (bicyclic) bond motifs is 1. The first-order valence-electron chi connectivity index (χ1n) is 5.22. The minimum absolute atomic E-state index is 0.0977. The molecule has 0 fully saturated rings. The lowest BCUT2D eigenvalue weighted by molar-refractivity contribution is 1.23. The van der Waals surface area contributed by atoms with Crippen molar-refractivity contribution in [2.45, 2.75) is 20.8 Å². The second kappa shape index (κ2) is 3.59. The van der Waals surface area contributed by atoms with Gasteiger partial charge in [-0.25, -0.2) is 0 Å². The number of pyridine rings is 1. The van der Waals surface area contributed by atoms with Gasteiger partial charge in [-0.05, 0) is 38.5 Å². The molecular formula is C13H15N3. The van der Waals surface area contributed by atoms with Crippen molar-refractivity contribution in [1.29, 1.82) is 5.41 Å². The molecule has 1 heterocycles. The van der Waals surface area contributed by atoms with Gasteiger partial charge >= 0.3 is 0 Å². The van der Waals surface area contributed by atoms with Crippen LogP contribution in [0, 0.1) is 26.2 Å². The molecule has 0 spiro atoms. The number of aromatic nitrogens is 1. The van der Waals surface area contributed by atoms with Gasteiger partial charge in [0.1, 0.15) is 5.84 Å². The van der Waals surface area contributed by atoms with Crippen molar-refractivity contribution in [2.24, 2.45) is 5.73 Å². The van der Waals surface area contributed by atoms with Gasteiger partial charge < -0.3 is 5.73 Å². The Morgan fingerprint density at radius 2 is 1.88 bits per heavy atom. The number of nitrogen functional groups attached to an aromatic ring is 1.